The summed E-state index contributed by atoms with van der Waals surface area (Å²) >= 11 is 0. The van der Waals surface area contributed by atoms with Crippen LogP contribution in [0, 0.1) is 11.6 Å². The van der Waals surface area contributed by atoms with Crippen LogP contribution in [0.5, 0.6) is 0 Å². The number of nitrogens with one attached hydrogen (secondary N) is 2. The summed E-state index contributed by atoms with van der Waals surface area (Å²) in [5.41, 5.74) is 1.62. The summed E-state index contributed by atoms with van der Waals surface area (Å²) in [6, 6.07) is 12.4. The standard InChI is InChI=1S/C23H23F2N3O2/c1-14(2)23-26-19(13-22(30)28-23)12-20(16-5-9-18(25)10-6-16)27-21(29)11-15-3-7-17(24)8-4-15/h3-10,13-14,20H,11-12H2,1-2H3,(H,27,29)(H,26,28,30)/t20-/m0/s1. The van der Waals surface area contributed by atoms with Crippen LogP contribution in [0.3, 0.4) is 0 Å². The molecule has 0 fully saturated rings. The molecule has 0 aliphatic heterocycles. The SMILES string of the molecule is CC(C)c1nc(C[C@H](NC(=O)Cc2ccc(F)cc2)c2ccc(F)cc2)cc(=O)[nH]1. The van der Waals surface area contributed by atoms with E-state index >= 15 is 0 Å². The second-order valence-corrected chi connectivity index (χ2v) is 7.46. The molecule has 1 amide bonds. The van der Waals surface area contributed by atoms with Crippen LogP contribution in [-0.4, -0.2) is 15.9 Å². The first kappa shape index (κ1) is 21.4. The van der Waals surface area contributed by atoms with E-state index in [-0.39, 0.29) is 41.9 Å². The van der Waals surface area contributed by atoms with E-state index in [1.807, 2.05) is 13.8 Å². The minimum absolute atomic E-state index is 0.0370. The molecule has 0 saturated carbocycles. The highest BCUT2D eigenvalue weighted by molar-refractivity contribution is 5.79. The summed E-state index contributed by atoms with van der Waals surface area (Å²) in [6.45, 7) is 3.84. The number of aromatic amines is 1. The zero-order valence-corrected chi connectivity index (χ0v) is 16.8. The normalized spacial score (nSPS) is 12.0. The molecule has 1 heterocycles. The smallest absolute Gasteiger partial charge is 0.251 e. The van der Waals surface area contributed by atoms with Crippen molar-refractivity contribution in [2.24, 2.45) is 0 Å². The lowest BCUT2D eigenvalue weighted by Crippen LogP contribution is -2.32. The molecule has 0 aliphatic rings. The molecule has 156 valence electrons. The molecule has 0 saturated heterocycles. The van der Waals surface area contributed by atoms with Gasteiger partial charge in [0.05, 0.1) is 18.2 Å². The summed E-state index contributed by atoms with van der Waals surface area (Å²) in [6.07, 6.45) is 0.336. The first-order valence-electron chi connectivity index (χ1n) is 9.69. The maximum absolute atomic E-state index is 13.4. The summed E-state index contributed by atoms with van der Waals surface area (Å²) < 4.78 is 26.5. The van der Waals surface area contributed by atoms with Crippen molar-refractivity contribution >= 4 is 5.91 Å². The van der Waals surface area contributed by atoms with Gasteiger partial charge in [0.1, 0.15) is 17.5 Å². The first-order chi connectivity index (χ1) is 14.3. The van der Waals surface area contributed by atoms with Gasteiger partial charge in [0.15, 0.2) is 0 Å². The van der Waals surface area contributed by atoms with Crippen LogP contribution in [0.2, 0.25) is 0 Å². The molecular weight excluding hydrogens is 388 g/mol. The summed E-state index contributed by atoms with van der Waals surface area (Å²) in [4.78, 5) is 31.8. The number of amides is 1. The largest absolute Gasteiger partial charge is 0.349 e. The molecule has 3 rings (SSSR count). The Labute approximate surface area is 173 Å². The van der Waals surface area contributed by atoms with E-state index in [2.05, 4.69) is 15.3 Å². The monoisotopic (exact) mass is 411 g/mol. The van der Waals surface area contributed by atoms with Crippen molar-refractivity contribution in [1.82, 2.24) is 15.3 Å². The van der Waals surface area contributed by atoms with Gasteiger partial charge in [0.2, 0.25) is 5.91 Å². The zero-order valence-electron chi connectivity index (χ0n) is 16.8. The Morgan fingerprint density at radius 2 is 1.63 bits per heavy atom. The predicted molar refractivity (Wildman–Crippen MR) is 110 cm³/mol. The fraction of sp³-hybridized carbons (Fsp3) is 0.261. The quantitative estimate of drug-likeness (QED) is 0.621. The number of nitrogens with zero attached hydrogens (tertiary/aromatic N) is 1. The lowest BCUT2D eigenvalue weighted by atomic mass is 10.0. The molecule has 7 heteroatoms. The van der Waals surface area contributed by atoms with Gasteiger partial charge in [-0.25, -0.2) is 13.8 Å². The van der Waals surface area contributed by atoms with Crippen LogP contribution in [0.4, 0.5) is 8.78 Å². The summed E-state index contributed by atoms with van der Waals surface area (Å²) in [5.74, 6) is -0.427. The third-order valence-corrected chi connectivity index (χ3v) is 4.66. The van der Waals surface area contributed by atoms with E-state index in [0.717, 1.165) is 0 Å². The van der Waals surface area contributed by atoms with E-state index in [4.69, 9.17) is 0 Å². The van der Waals surface area contributed by atoms with Crippen LogP contribution in [0.25, 0.3) is 0 Å². The molecule has 0 spiro atoms. The molecule has 1 aromatic heterocycles. The van der Waals surface area contributed by atoms with Gasteiger partial charge in [-0.05, 0) is 35.4 Å². The maximum Gasteiger partial charge on any atom is 0.251 e. The number of carbonyl (C=O) groups excluding carboxylic acids is 1. The van der Waals surface area contributed by atoms with Crippen molar-refractivity contribution in [2.75, 3.05) is 0 Å². The molecule has 30 heavy (non-hydrogen) atoms. The predicted octanol–water partition coefficient (Wildman–Crippen LogP) is 3.81. The van der Waals surface area contributed by atoms with Crippen molar-refractivity contribution in [1.29, 1.82) is 0 Å². The number of benzene rings is 2. The fourth-order valence-electron chi connectivity index (χ4n) is 3.10. The van der Waals surface area contributed by atoms with Gasteiger partial charge >= 0.3 is 0 Å². The molecule has 0 unspecified atom stereocenters. The van der Waals surface area contributed by atoms with Gasteiger partial charge in [-0.1, -0.05) is 38.1 Å². The average Bonchev–Trinajstić information content (AvgIpc) is 2.69. The average molecular weight is 411 g/mol. The highest BCUT2D eigenvalue weighted by Crippen LogP contribution is 2.19. The Kier molecular flexibility index (Phi) is 6.72. The van der Waals surface area contributed by atoms with E-state index < -0.39 is 6.04 Å². The molecule has 3 aromatic rings. The summed E-state index contributed by atoms with van der Waals surface area (Å²) in [7, 11) is 0. The van der Waals surface area contributed by atoms with Crippen molar-refractivity contribution in [3.05, 3.63) is 99.2 Å². The number of aromatic nitrogens is 2. The van der Waals surface area contributed by atoms with Gasteiger partial charge in [0.25, 0.3) is 5.56 Å². The van der Waals surface area contributed by atoms with Crippen molar-refractivity contribution in [3.8, 4) is 0 Å². The Morgan fingerprint density at radius 3 is 2.23 bits per heavy atom. The highest BCUT2D eigenvalue weighted by Gasteiger charge is 2.18. The number of rotatable bonds is 7. The molecule has 0 bridgehead atoms. The van der Waals surface area contributed by atoms with E-state index in [0.29, 0.717) is 22.6 Å². The first-order valence-corrected chi connectivity index (χ1v) is 9.69. The van der Waals surface area contributed by atoms with Crippen molar-refractivity contribution < 1.29 is 13.6 Å². The van der Waals surface area contributed by atoms with Gasteiger partial charge in [0, 0.05) is 18.4 Å². The van der Waals surface area contributed by atoms with Gasteiger partial charge < -0.3 is 10.3 Å². The van der Waals surface area contributed by atoms with Crippen LogP contribution in [0.15, 0.2) is 59.4 Å². The lowest BCUT2D eigenvalue weighted by molar-refractivity contribution is -0.121. The second-order valence-electron chi connectivity index (χ2n) is 7.46. The number of hydrogen-bond donors (Lipinski definition) is 2. The fourth-order valence-corrected chi connectivity index (χ4v) is 3.10. The molecule has 0 radical (unpaired) electrons. The Bertz CT molecular complexity index is 1060. The van der Waals surface area contributed by atoms with Crippen LogP contribution in [-0.2, 0) is 17.6 Å². The second kappa shape index (κ2) is 9.43. The van der Waals surface area contributed by atoms with E-state index in [1.165, 1.54) is 30.3 Å². The number of halogens is 2. The van der Waals surface area contributed by atoms with Crippen LogP contribution >= 0.6 is 0 Å². The minimum atomic E-state index is -0.507. The van der Waals surface area contributed by atoms with Crippen LogP contribution in [0.1, 0.15) is 48.5 Å². The van der Waals surface area contributed by atoms with Crippen LogP contribution < -0.4 is 10.9 Å². The summed E-state index contributed by atoms with van der Waals surface area (Å²) in [5, 5.41) is 2.93. The third kappa shape index (κ3) is 5.83. The topological polar surface area (TPSA) is 74.8 Å². The Balaban J connectivity index is 1.83. The minimum Gasteiger partial charge on any atom is -0.349 e. The molecule has 2 N–H and O–H groups in total. The van der Waals surface area contributed by atoms with Gasteiger partial charge in [-0.15, -0.1) is 0 Å². The Morgan fingerprint density at radius 1 is 1.03 bits per heavy atom. The maximum atomic E-state index is 13.4. The van der Waals surface area contributed by atoms with Gasteiger partial charge in [-0.3, -0.25) is 9.59 Å². The number of H-pyrrole nitrogens is 1. The van der Waals surface area contributed by atoms with E-state index in [9.17, 15) is 18.4 Å². The molecule has 1 atom stereocenters. The zero-order chi connectivity index (χ0) is 21.7. The molecular formula is C23H23F2N3O2. The molecule has 2 aromatic carbocycles. The molecule has 5 nitrogen and oxygen atoms in total. The van der Waals surface area contributed by atoms with E-state index in [1.54, 1.807) is 24.3 Å². The van der Waals surface area contributed by atoms with Crippen molar-refractivity contribution in [3.63, 3.8) is 0 Å². The lowest BCUT2D eigenvalue weighted by Gasteiger charge is -2.20. The highest BCUT2D eigenvalue weighted by atomic mass is 19.1. The Hall–Kier alpha value is -3.35. The van der Waals surface area contributed by atoms with Crippen molar-refractivity contribution in [2.45, 2.75) is 38.6 Å². The third-order valence-electron chi connectivity index (χ3n) is 4.66. The molecule has 0 aliphatic carbocycles. The number of carbonyl (C=O) groups is 1. The number of hydrogen-bond acceptors (Lipinski definition) is 3. The van der Waals surface area contributed by atoms with Gasteiger partial charge in [-0.2, -0.15) is 0 Å².